The summed E-state index contributed by atoms with van der Waals surface area (Å²) in [4.78, 5) is 25.5. The third-order valence-electron chi connectivity index (χ3n) is 2.80. The number of rotatable bonds is 3. The van der Waals surface area contributed by atoms with Crippen molar-refractivity contribution in [3.05, 3.63) is 45.6 Å². The fourth-order valence-electron chi connectivity index (χ4n) is 1.92. The average Bonchev–Trinajstić information content (AvgIpc) is 2.72. The van der Waals surface area contributed by atoms with Crippen LogP contribution in [0, 0.1) is 22.9 Å². The molecule has 0 aliphatic heterocycles. The summed E-state index contributed by atoms with van der Waals surface area (Å²) in [5.74, 6) is -1.36. The quantitative estimate of drug-likeness (QED) is 0.522. The fourth-order valence-corrected chi connectivity index (χ4v) is 1.92. The third kappa shape index (κ3) is 2.53. The molecule has 2 rings (SSSR count). The van der Waals surface area contributed by atoms with Crippen LogP contribution in [0.3, 0.4) is 0 Å². The number of nitrogens with zero attached hydrogens (tertiary/aromatic N) is 3. The molecule has 1 heterocycles. The molecule has 9 heteroatoms. The average molecular weight is 294 g/mol. The molecular formula is C12H11FN4O4. The second-order valence-corrected chi connectivity index (χ2v) is 4.14. The number of esters is 1. The summed E-state index contributed by atoms with van der Waals surface area (Å²) in [6.45, 7) is 1.53. The Hall–Kier alpha value is -2.97. The minimum Gasteiger partial charge on any atom is -0.464 e. The molecule has 1 aromatic carbocycles. The number of methoxy groups -OCH3 is 1. The maximum Gasteiger partial charge on any atom is 0.360 e. The first-order valence-corrected chi connectivity index (χ1v) is 5.73. The van der Waals surface area contributed by atoms with Gasteiger partial charge in [-0.3, -0.25) is 14.7 Å². The number of nitrogen functional groups attached to an aromatic ring is 1. The lowest BCUT2D eigenvalue weighted by Crippen LogP contribution is -2.08. The molecule has 1 aromatic heterocycles. The molecule has 8 nitrogen and oxygen atoms in total. The van der Waals surface area contributed by atoms with E-state index in [2.05, 4.69) is 9.72 Å². The summed E-state index contributed by atoms with van der Waals surface area (Å²) >= 11 is 0. The molecule has 0 saturated heterocycles. The molecular weight excluding hydrogens is 283 g/mol. The Balaban J connectivity index is 2.65. The monoisotopic (exact) mass is 294 g/mol. The Morgan fingerprint density at radius 2 is 2.14 bits per heavy atom. The van der Waals surface area contributed by atoms with Crippen molar-refractivity contribution in [1.82, 2.24) is 9.55 Å². The molecule has 21 heavy (non-hydrogen) atoms. The van der Waals surface area contributed by atoms with E-state index in [0.29, 0.717) is 0 Å². The Morgan fingerprint density at radius 1 is 1.48 bits per heavy atom. The van der Waals surface area contributed by atoms with Crippen molar-refractivity contribution in [1.29, 1.82) is 0 Å². The molecule has 2 N–H and O–H groups in total. The zero-order chi connectivity index (χ0) is 15.7. The number of halogens is 1. The highest BCUT2D eigenvalue weighted by atomic mass is 19.1. The standard InChI is InChI=1S/C12H11FN4O4/c1-6-15-10(12(18)21-2)11(14)16(6)8-3-7(13)4-9(5-8)17(19)20/h3-5H,14H2,1-2H3. The molecule has 0 aliphatic rings. The van der Waals surface area contributed by atoms with Gasteiger partial charge in [-0.1, -0.05) is 0 Å². The number of nitro benzene ring substituents is 1. The molecule has 0 aliphatic carbocycles. The van der Waals surface area contributed by atoms with E-state index in [1.54, 1.807) is 0 Å². The van der Waals surface area contributed by atoms with Crippen LogP contribution >= 0.6 is 0 Å². The minimum atomic E-state index is -0.800. The predicted octanol–water partition coefficient (Wildman–Crippen LogP) is 1.60. The van der Waals surface area contributed by atoms with Gasteiger partial charge in [0.2, 0.25) is 0 Å². The van der Waals surface area contributed by atoms with Crippen LogP contribution in [0.15, 0.2) is 18.2 Å². The Bertz CT molecular complexity index is 741. The molecule has 0 unspecified atom stereocenters. The second kappa shape index (κ2) is 5.19. The molecule has 0 amide bonds. The van der Waals surface area contributed by atoms with Crippen LogP contribution in [0.4, 0.5) is 15.9 Å². The number of carbonyl (C=O) groups is 1. The molecule has 0 bridgehead atoms. The fraction of sp³-hybridized carbons (Fsp3) is 0.167. The number of hydrogen-bond acceptors (Lipinski definition) is 6. The summed E-state index contributed by atoms with van der Waals surface area (Å²) < 4.78 is 19.3. The number of nitrogens with two attached hydrogens (primary N) is 1. The topological polar surface area (TPSA) is 113 Å². The Labute approximate surface area is 118 Å². The van der Waals surface area contributed by atoms with Crippen LogP contribution in [0.1, 0.15) is 16.3 Å². The second-order valence-electron chi connectivity index (χ2n) is 4.14. The van der Waals surface area contributed by atoms with E-state index in [1.807, 2.05) is 0 Å². The van der Waals surface area contributed by atoms with Crippen LogP contribution in [0.25, 0.3) is 5.69 Å². The van der Waals surface area contributed by atoms with Crippen LogP contribution in [-0.4, -0.2) is 27.6 Å². The number of aromatic nitrogens is 2. The molecule has 2 aromatic rings. The summed E-state index contributed by atoms with van der Waals surface area (Å²) in [5.41, 5.74) is 5.32. The number of benzene rings is 1. The minimum absolute atomic E-state index is 0.0840. The van der Waals surface area contributed by atoms with E-state index in [-0.39, 0.29) is 23.0 Å². The zero-order valence-corrected chi connectivity index (χ0v) is 11.2. The third-order valence-corrected chi connectivity index (χ3v) is 2.80. The first-order valence-electron chi connectivity index (χ1n) is 5.73. The number of hydrogen-bond donors (Lipinski definition) is 1. The predicted molar refractivity (Wildman–Crippen MR) is 70.7 cm³/mol. The number of aryl methyl sites for hydroxylation is 1. The number of carbonyl (C=O) groups excluding carboxylic acids is 1. The van der Waals surface area contributed by atoms with E-state index < -0.39 is 22.4 Å². The molecule has 0 atom stereocenters. The van der Waals surface area contributed by atoms with E-state index in [9.17, 15) is 19.3 Å². The van der Waals surface area contributed by atoms with Gasteiger partial charge in [0.25, 0.3) is 5.69 Å². The molecule has 0 radical (unpaired) electrons. The summed E-state index contributed by atoms with van der Waals surface area (Å²) in [6, 6.07) is 2.97. The lowest BCUT2D eigenvalue weighted by Gasteiger charge is -2.07. The number of non-ortho nitro benzene ring substituents is 1. The van der Waals surface area contributed by atoms with Crippen molar-refractivity contribution in [2.75, 3.05) is 12.8 Å². The van der Waals surface area contributed by atoms with Gasteiger partial charge in [-0.15, -0.1) is 0 Å². The van der Waals surface area contributed by atoms with Crippen molar-refractivity contribution < 1.29 is 18.8 Å². The van der Waals surface area contributed by atoms with Crippen molar-refractivity contribution in [3.63, 3.8) is 0 Å². The zero-order valence-electron chi connectivity index (χ0n) is 11.2. The molecule has 0 saturated carbocycles. The summed E-state index contributed by atoms with van der Waals surface area (Å²) in [7, 11) is 1.17. The van der Waals surface area contributed by atoms with Crippen molar-refractivity contribution in [2.45, 2.75) is 6.92 Å². The van der Waals surface area contributed by atoms with Crippen LogP contribution in [0.5, 0.6) is 0 Å². The lowest BCUT2D eigenvalue weighted by atomic mass is 10.2. The maximum atomic E-state index is 13.5. The summed E-state index contributed by atoms with van der Waals surface area (Å²) in [6.07, 6.45) is 0. The lowest BCUT2D eigenvalue weighted by molar-refractivity contribution is -0.385. The highest BCUT2D eigenvalue weighted by Gasteiger charge is 2.21. The van der Waals surface area contributed by atoms with Crippen LogP contribution < -0.4 is 5.73 Å². The molecule has 0 spiro atoms. The number of nitro groups is 1. The Kier molecular flexibility index (Phi) is 3.57. The number of ether oxygens (including phenoxy) is 1. The SMILES string of the molecule is COC(=O)c1nc(C)n(-c2cc(F)cc([N+](=O)[O-])c2)c1N. The molecule has 0 fully saturated rings. The van der Waals surface area contributed by atoms with Gasteiger partial charge >= 0.3 is 5.97 Å². The van der Waals surface area contributed by atoms with E-state index >= 15 is 0 Å². The first-order chi connectivity index (χ1) is 9.85. The van der Waals surface area contributed by atoms with Gasteiger partial charge in [0.05, 0.1) is 23.8 Å². The van der Waals surface area contributed by atoms with Gasteiger partial charge in [0, 0.05) is 6.07 Å². The smallest absolute Gasteiger partial charge is 0.360 e. The number of imidazole rings is 1. The molecule has 110 valence electrons. The summed E-state index contributed by atoms with van der Waals surface area (Å²) in [5, 5.41) is 10.8. The van der Waals surface area contributed by atoms with Gasteiger partial charge < -0.3 is 10.5 Å². The largest absolute Gasteiger partial charge is 0.464 e. The van der Waals surface area contributed by atoms with Gasteiger partial charge in [-0.25, -0.2) is 14.2 Å². The van der Waals surface area contributed by atoms with Gasteiger partial charge in [-0.05, 0) is 13.0 Å². The van der Waals surface area contributed by atoms with Gasteiger partial charge in [0.1, 0.15) is 17.5 Å². The van der Waals surface area contributed by atoms with E-state index in [4.69, 9.17) is 5.73 Å². The van der Waals surface area contributed by atoms with Crippen LogP contribution in [0.2, 0.25) is 0 Å². The highest BCUT2D eigenvalue weighted by Crippen LogP contribution is 2.25. The number of anilines is 1. The maximum absolute atomic E-state index is 13.5. The van der Waals surface area contributed by atoms with E-state index in [0.717, 1.165) is 18.2 Å². The van der Waals surface area contributed by atoms with Gasteiger partial charge in [0.15, 0.2) is 5.69 Å². The van der Waals surface area contributed by atoms with Crippen molar-refractivity contribution in [3.8, 4) is 5.69 Å². The van der Waals surface area contributed by atoms with Crippen LogP contribution in [-0.2, 0) is 4.74 Å². The van der Waals surface area contributed by atoms with Crippen molar-refractivity contribution in [2.24, 2.45) is 0 Å². The van der Waals surface area contributed by atoms with Gasteiger partial charge in [-0.2, -0.15) is 0 Å². The highest BCUT2D eigenvalue weighted by molar-refractivity contribution is 5.92. The Morgan fingerprint density at radius 3 is 2.71 bits per heavy atom. The van der Waals surface area contributed by atoms with Crippen molar-refractivity contribution >= 4 is 17.5 Å². The van der Waals surface area contributed by atoms with E-state index in [1.165, 1.54) is 18.6 Å². The normalized spacial score (nSPS) is 10.4. The first kappa shape index (κ1) is 14.4.